The van der Waals surface area contributed by atoms with Gasteiger partial charge in [0.1, 0.15) is 11.6 Å². The van der Waals surface area contributed by atoms with Crippen LogP contribution in [-0.2, 0) is 4.79 Å². The van der Waals surface area contributed by atoms with E-state index in [1.807, 2.05) is 4.90 Å². The van der Waals surface area contributed by atoms with Crippen LogP contribution in [0.1, 0.15) is 19.2 Å². The standard InChI is InChI=1S/C11H15N3O3/c1-7-12-8(5-9(15)13-7)14-4-3-11(2,6-14)10(16)17/h5H,3-4,6H2,1-2H3,(H,16,17)(H,12,13,15). The molecule has 0 aromatic carbocycles. The van der Waals surface area contributed by atoms with E-state index in [2.05, 4.69) is 9.97 Å². The lowest BCUT2D eigenvalue weighted by molar-refractivity contribution is -0.146. The van der Waals surface area contributed by atoms with Crippen LogP contribution in [0.5, 0.6) is 0 Å². The van der Waals surface area contributed by atoms with Gasteiger partial charge in [0.2, 0.25) is 0 Å². The van der Waals surface area contributed by atoms with Crippen molar-refractivity contribution in [3.63, 3.8) is 0 Å². The van der Waals surface area contributed by atoms with Crippen LogP contribution in [0.3, 0.4) is 0 Å². The number of aryl methyl sites for hydroxylation is 1. The van der Waals surface area contributed by atoms with E-state index in [1.165, 1.54) is 6.07 Å². The van der Waals surface area contributed by atoms with Crippen LogP contribution >= 0.6 is 0 Å². The molecule has 1 aliphatic rings. The Morgan fingerprint density at radius 1 is 1.65 bits per heavy atom. The smallest absolute Gasteiger partial charge is 0.311 e. The van der Waals surface area contributed by atoms with Crippen molar-refractivity contribution in [2.45, 2.75) is 20.3 Å². The topological polar surface area (TPSA) is 86.3 Å². The van der Waals surface area contributed by atoms with E-state index in [-0.39, 0.29) is 5.56 Å². The van der Waals surface area contributed by atoms with Gasteiger partial charge in [0.15, 0.2) is 0 Å². The fourth-order valence-corrected chi connectivity index (χ4v) is 2.06. The third-order valence-corrected chi connectivity index (χ3v) is 3.16. The molecule has 92 valence electrons. The van der Waals surface area contributed by atoms with Gasteiger partial charge in [-0.05, 0) is 20.3 Å². The van der Waals surface area contributed by atoms with Crippen molar-refractivity contribution >= 4 is 11.8 Å². The minimum Gasteiger partial charge on any atom is -0.481 e. The van der Waals surface area contributed by atoms with Crippen LogP contribution in [-0.4, -0.2) is 34.1 Å². The SMILES string of the molecule is Cc1nc(N2CCC(C)(C(=O)O)C2)cc(=O)[nH]1. The molecule has 0 bridgehead atoms. The molecule has 0 amide bonds. The summed E-state index contributed by atoms with van der Waals surface area (Å²) >= 11 is 0. The number of hydrogen-bond acceptors (Lipinski definition) is 4. The van der Waals surface area contributed by atoms with Crippen LogP contribution in [0.4, 0.5) is 5.82 Å². The minimum absolute atomic E-state index is 0.212. The lowest BCUT2D eigenvalue weighted by atomic mass is 9.90. The molecule has 1 aromatic heterocycles. The Morgan fingerprint density at radius 2 is 2.35 bits per heavy atom. The zero-order valence-electron chi connectivity index (χ0n) is 9.86. The summed E-state index contributed by atoms with van der Waals surface area (Å²) in [5.74, 6) is 0.286. The molecule has 6 nitrogen and oxygen atoms in total. The predicted molar refractivity (Wildman–Crippen MR) is 62.2 cm³/mol. The second-order valence-electron chi connectivity index (χ2n) is 4.73. The molecule has 2 rings (SSSR count). The average molecular weight is 237 g/mol. The number of H-pyrrole nitrogens is 1. The van der Waals surface area contributed by atoms with Gasteiger partial charge in [-0.3, -0.25) is 9.59 Å². The Bertz CT molecular complexity index is 511. The van der Waals surface area contributed by atoms with Gasteiger partial charge in [0.25, 0.3) is 5.56 Å². The van der Waals surface area contributed by atoms with Gasteiger partial charge < -0.3 is 15.0 Å². The van der Waals surface area contributed by atoms with E-state index < -0.39 is 11.4 Å². The number of aromatic nitrogens is 2. The number of hydrogen-bond donors (Lipinski definition) is 2. The monoisotopic (exact) mass is 237 g/mol. The largest absolute Gasteiger partial charge is 0.481 e. The molecule has 1 saturated heterocycles. The highest BCUT2D eigenvalue weighted by Gasteiger charge is 2.40. The molecule has 1 atom stereocenters. The Balaban J connectivity index is 2.26. The molecule has 1 aliphatic heterocycles. The highest BCUT2D eigenvalue weighted by molar-refractivity contribution is 5.76. The number of rotatable bonds is 2. The molecule has 0 spiro atoms. The summed E-state index contributed by atoms with van der Waals surface area (Å²) in [5.41, 5.74) is -0.963. The summed E-state index contributed by atoms with van der Waals surface area (Å²) in [6.07, 6.45) is 0.565. The molecule has 2 N–H and O–H groups in total. The van der Waals surface area contributed by atoms with Gasteiger partial charge in [-0.15, -0.1) is 0 Å². The Kier molecular flexibility index (Phi) is 2.65. The lowest BCUT2D eigenvalue weighted by Gasteiger charge is -2.20. The first-order chi connectivity index (χ1) is 7.90. The van der Waals surface area contributed by atoms with Crippen molar-refractivity contribution in [3.8, 4) is 0 Å². The third-order valence-electron chi connectivity index (χ3n) is 3.16. The Labute approximate surface area is 98.3 Å². The fraction of sp³-hybridized carbons (Fsp3) is 0.545. The molecule has 1 fully saturated rings. The zero-order chi connectivity index (χ0) is 12.6. The first-order valence-electron chi connectivity index (χ1n) is 5.47. The Morgan fingerprint density at radius 3 is 2.88 bits per heavy atom. The number of aromatic amines is 1. The molecular formula is C11H15N3O3. The third kappa shape index (κ3) is 2.15. The van der Waals surface area contributed by atoms with Crippen molar-refractivity contribution in [2.75, 3.05) is 18.0 Å². The molecule has 0 radical (unpaired) electrons. The van der Waals surface area contributed by atoms with Crippen LogP contribution in [0, 0.1) is 12.3 Å². The van der Waals surface area contributed by atoms with E-state index in [0.717, 1.165) is 0 Å². The second kappa shape index (κ2) is 3.87. The summed E-state index contributed by atoms with van der Waals surface area (Å²) in [7, 11) is 0. The van der Waals surface area contributed by atoms with E-state index in [9.17, 15) is 9.59 Å². The van der Waals surface area contributed by atoms with E-state index in [1.54, 1.807) is 13.8 Å². The van der Waals surface area contributed by atoms with Crippen LogP contribution in [0.25, 0.3) is 0 Å². The number of aliphatic carboxylic acids is 1. The van der Waals surface area contributed by atoms with Gasteiger partial charge in [0.05, 0.1) is 5.41 Å². The number of nitrogens with one attached hydrogen (secondary N) is 1. The summed E-state index contributed by atoms with van der Waals surface area (Å²) < 4.78 is 0. The van der Waals surface area contributed by atoms with Crippen molar-refractivity contribution < 1.29 is 9.90 Å². The second-order valence-corrected chi connectivity index (χ2v) is 4.73. The maximum absolute atomic E-state index is 11.3. The maximum Gasteiger partial charge on any atom is 0.311 e. The molecule has 6 heteroatoms. The average Bonchev–Trinajstić information content (AvgIpc) is 2.61. The van der Waals surface area contributed by atoms with Crippen LogP contribution in [0.2, 0.25) is 0 Å². The van der Waals surface area contributed by atoms with Crippen LogP contribution in [0.15, 0.2) is 10.9 Å². The van der Waals surface area contributed by atoms with Gasteiger partial charge in [0, 0.05) is 19.2 Å². The van der Waals surface area contributed by atoms with E-state index in [4.69, 9.17) is 5.11 Å². The molecule has 17 heavy (non-hydrogen) atoms. The van der Waals surface area contributed by atoms with Crippen LogP contribution < -0.4 is 10.5 Å². The highest BCUT2D eigenvalue weighted by Crippen LogP contribution is 2.32. The summed E-state index contributed by atoms with van der Waals surface area (Å²) in [4.78, 5) is 31.1. The first kappa shape index (κ1) is 11.6. The molecule has 1 unspecified atom stereocenters. The number of nitrogens with zero attached hydrogens (tertiary/aromatic N) is 2. The maximum atomic E-state index is 11.3. The van der Waals surface area contributed by atoms with E-state index >= 15 is 0 Å². The van der Waals surface area contributed by atoms with Gasteiger partial charge in [-0.2, -0.15) is 0 Å². The fourth-order valence-electron chi connectivity index (χ4n) is 2.06. The lowest BCUT2D eigenvalue weighted by Crippen LogP contribution is -2.32. The molecule has 0 aliphatic carbocycles. The summed E-state index contributed by atoms with van der Waals surface area (Å²) in [6, 6.07) is 1.40. The van der Waals surface area contributed by atoms with Gasteiger partial charge in [-0.25, -0.2) is 4.98 Å². The normalized spacial score (nSPS) is 24.0. The molecular weight excluding hydrogens is 222 g/mol. The van der Waals surface area contributed by atoms with E-state index in [0.29, 0.717) is 31.2 Å². The van der Waals surface area contributed by atoms with Gasteiger partial charge in [-0.1, -0.05) is 0 Å². The summed E-state index contributed by atoms with van der Waals surface area (Å²) in [5, 5.41) is 9.13. The molecule has 2 heterocycles. The van der Waals surface area contributed by atoms with Crippen molar-refractivity contribution in [1.29, 1.82) is 0 Å². The van der Waals surface area contributed by atoms with Gasteiger partial charge >= 0.3 is 5.97 Å². The minimum atomic E-state index is -0.804. The van der Waals surface area contributed by atoms with Crippen molar-refractivity contribution in [3.05, 3.63) is 22.2 Å². The zero-order valence-corrected chi connectivity index (χ0v) is 9.86. The predicted octanol–water partition coefficient (Wildman–Crippen LogP) is 0.379. The van der Waals surface area contributed by atoms with Crippen molar-refractivity contribution in [1.82, 2.24) is 9.97 Å². The number of anilines is 1. The van der Waals surface area contributed by atoms with Crippen molar-refractivity contribution in [2.24, 2.45) is 5.41 Å². The Hall–Kier alpha value is -1.85. The first-order valence-corrected chi connectivity index (χ1v) is 5.47. The summed E-state index contributed by atoms with van der Waals surface area (Å²) in [6.45, 7) is 4.42. The number of carboxylic acid groups (broad SMARTS) is 1. The number of carboxylic acids is 1. The number of carbonyl (C=O) groups is 1. The quantitative estimate of drug-likeness (QED) is 0.776. The molecule has 1 aromatic rings. The molecule has 0 saturated carbocycles. The highest BCUT2D eigenvalue weighted by atomic mass is 16.4.